The maximum Gasteiger partial charge on any atom is 0.150 e. The van der Waals surface area contributed by atoms with Gasteiger partial charge in [0, 0.05) is 12.1 Å². The van der Waals surface area contributed by atoms with E-state index in [4.69, 9.17) is 0 Å². The summed E-state index contributed by atoms with van der Waals surface area (Å²) in [4.78, 5) is 0. The molecule has 2 aliphatic heterocycles. The van der Waals surface area contributed by atoms with Crippen LogP contribution in [0, 0.1) is 5.92 Å². The van der Waals surface area contributed by atoms with Crippen LogP contribution in [0.5, 0.6) is 0 Å². The number of hydrogen-bond acceptors (Lipinski definition) is 4. The summed E-state index contributed by atoms with van der Waals surface area (Å²) >= 11 is 0. The average Bonchev–Trinajstić information content (AvgIpc) is 2.55. The molecular weight excluding hydrogens is 260 g/mol. The van der Waals surface area contributed by atoms with Crippen molar-refractivity contribution in [3.63, 3.8) is 0 Å². The molecule has 0 aromatic heterocycles. The minimum Gasteiger partial charge on any atom is -0.314 e. The van der Waals surface area contributed by atoms with Crippen LogP contribution in [0.1, 0.15) is 45.4 Å². The lowest BCUT2D eigenvalue weighted by Gasteiger charge is -2.22. The van der Waals surface area contributed by atoms with Crippen LogP contribution >= 0.6 is 0 Å². The fourth-order valence-electron chi connectivity index (χ4n) is 3.21. The highest BCUT2D eigenvalue weighted by atomic mass is 32.2. The number of rotatable bonds is 5. The van der Waals surface area contributed by atoms with Crippen molar-refractivity contribution in [2.75, 3.05) is 24.6 Å². The first kappa shape index (κ1) is 15.3. The summed E-state index contributed by atoms with van der Waals surface area (Å²) in [6, 6.07) is 1.11. The van der Waals surface area contributed by atoms with E-state index in [1.807, 2.05) is 0 Å². The normalized spacial score (nSPS) is 32.9. The average molecular weight is 288 g/mol. The second kappa shape index (κ2) is 7.04. The van der Waals surface area contributed by atoms with Gasteiger partial charge < -0.3 is 10.6 Å². The largest absolute Gasteiger partial charge is 0.314 e. The molecule has 2 saturated heterocycles. The van der Waals surface area contributed by atoms with E-state index >= 15 is 0 Å². The van der Waals surface area contributed by atoms with Gasteiger partial charge in [0.15, 0.2) is 9.84 Å². The van der Waals surface area contributed by atoms with Gasteiger partial charge in [-0.2, -0.15) is 0 Å². The molecule has 19 heavy (non-hydrogen) atoms. The second-order valence-corrected chi connectivity index (χ2v) is 8.54. The highest BCUT2D eigenvalue weighted by Gasteiger charge is 2.27. The van der Waals surface area contributed by atoms with E-state index in [0.29, 0.717) is 29.5 Å². The molecule has 2 heterocycles. The Hall–Kier alpha value is -0.130. The Morgan fingerprint density at radius 3 is 2.84 bits per heavy atom. The zero-order valence-electron chi connectivity index (χ0n) is 12.0. The van der Waals surface area contributed by atoms with Gasteiger partial charge in [-0.1, -0.05) is 12.8 Å². The third-order valence-corrected chi connectivity index (χ3v) is 6.22. The predicted molar refractivity (Wildman–Crippen MR) is 79.1 cm³/mol. The van der Waals surface area contributed by atoms with Gasteiger partial charge in [-0.25, -0.2) is 8.42 Å². The molecule has 0 spiro atoms. The standard InChI is InChI=1S/C14H28N2O2S/c1-12(9-14-5-3-2-4-7-15-14)16-10-13-6-8-19(17,18)11-13/h12-16H,2-11H2,1H3. The highest BCUT2D eigenvalue weighted by molar-refractivity contribution is 7.91. The molecule has 2 rings (SSSR count). The smallest absolute Gasteiger partial charge is 0.150 e. The Balaban J connectivity index is 1.65. The maximum atomic E-state index is 11.4. The molecule has 0 amide bonds. The number of nitrogens with one attached hydrogen (secondary N) is 2. The second-order valence-electron chi connectivity index (χ2n) is 6.31. The van der Waals surface area contributed by atoms with Gasteiger partial charge in [0.05, 0.1) is 11.5 Å². The van der Waals surface area contributed by atoms with Gasteiger partial charge in [-0.05, 0) is 51.6 Å². The third kappa shape index (κ3) is 5.40. The fourth-order valence-corrected chi connectivity index (χ4v) is 5.07. The van der Waals surface area contributed by atoms with Crippen LogP contribution in [0.25, 0.3) is 0 Å². The lowest BCUT2D eigenvalue weighted by molar-refractivity contribution is 0.384. The molecule has 0 bridgehead atoms. The molecule has 0 radical (unpaired) electrons. The molecule has 2 aliphatic rings. The Morgan fingerprint density at radius 2 is 2.11 bits per heavy atom. The summed E-state index contributed by atoms with van der Waals surface area (Å²) in [5.41, 5.74) is 0. The van der Waals surface area contributed by atoms with Gasteiger partial charge in [0.1, 0.15) is 0 Å². The minimum absolute atomic E-state index is 0.328. The Labute approximate surface area is 117 Å². The van der Waals surface area contributed by atoms with Crippen molar-refractivity contribution in [1.29, 1.82) is 0 Å². The summed E-state index contributed by atoms with van der Waals surface area (Å²) in [6.07, 6.45) is 7.27. The molecular formula is C14H28N2O2S. The molecule has 0 aromatic carbocycles. The van der Waals surface area contributed by atoms with E-state index in [1.165, 1.54) is 25.7 Å². The summed E-state index contributed by atoms with van der Waals surface area (Å²) in [7, 11) is -2.73. The SMILES string of the molecule is CC(CC1CCCCCN1)NCC1CCS(=O)(=O)C1. The predicted octanol–water partition coefficient (Wildman–Crippen LogP) is 1.32. The molecule has 112 valence electrons. The zero-order chi connectivity index (χ0) is 13.7. The molecule has 4 nitrogen and oxygen atoms in total. The van der Waals surface area contributed by atoms with Gasteiger partial charge in [0.25, 0.3) is 0 Å². The number of sulfone groups is 1. The molecule has 2 fully saturated rings. The van der Waals surface area contributed by atoms with Crippen LogP contribution in [0.3, 0.4) is 0 Å². The van der Waals surface area contributed by atoms with Crippen molar-refractivity contribution in [3.05, 3.63) is 0 Å². The van der Waals surface area contributed by atoms with Crippen LogP contribution in [-0.4, -0.2) is 45.1 Å². The first-order valence-corrected chi connectivity index (χ1v) is 9.54. The molecule has 5 heteroatoms. The summed E-state index contributed by atoms with van der Waals surface area (Å²) in [6.45, 7) is 4.22. The summed E-state index contributed by atoms with van der Waals surface area (Å²) in [5.74, 6) is 1.10. The van der Waals surface area contributed by atoms with Gasteiger partial charge in [-0.15, -0.1) is 0 Å². The summed E-state index contributed by atoms with van der Waals surface area (Å²) < 4.78 is 22.8. The van der Waals surface area contributed by atoms with Gasteiger partial charge in [-0.3, -0.25) is 0 Å². The zero-order valence-corrected chi connectivity index (χ0v) is 12.8. The Kier molecular flexibility index (Phi) is 5.66. The van der Waals surface area contributed by atoms with Crippen LogP contribution in [0.15, 0.2) is 0 Å². The first-order chi connectivity index (χ1) is 9.05. The van der Waals surface area contributed by atoms with Crippen molar-refractivity contribution in [2.45, 2.75) is 57.5 Å². The van der Waals surface area contributed by atoms with Crippen LogP contribution in [0.2, 0.25) is 0 Å². The van der Waals surface area contributed by atoms with Gasteiger partial charge in [0.2, 0.25) is 0 Å². The minimum atomic E-state index is -2.73. The van der Waals surface area contributed by atoms with Crippen molar-refractivity contribution < 1.29 is 8.42 Å². The van der Waals surface area contributed by atoms with E-state index in [2.05, 4.69) is 17.6 Å². The van der Waals surface area contributed by atoms with Gasteiger partial charge >= 0.3 is 0 Å². The third-order valence-electron chi connectivity index (χ3n) is 4.38. The quantitative estimate of drug-likeness (QED) is 0.801. The van der Waals surface area contributed by atoms with Crippen molar-refractivity contribution in [1.82, 2.24) is 10.6 Å². The molecule has 2 N–H and O–H groups in total. The molecule has 0 aromatic rings. The molecule has 0 saturated carbocycles. The van der Waals surface area contributed by atoms with Crippen molar-refractivity contribution in [3.8, 4) is 0 Å². The number of hydrogen-bond donors (Lipinski definition) is 2. The van der Waals surface area contributed by atoms with E-state index < -0.39 is 9.84 Å². The Morgan fingerprint density at radius 1 is 1.26 bits per heavy atom. The summed E-state index contributed by atoms with van der Waals surface area (Å²) in [5, 5.41) is 7.14. The monoisotopic (exact) mass is 288 g/mol. The van der Waals surface area contributed by atoms with E-state index in [1.54, 1.807) is 0 Å². The highest BCUT2D eigenvalue weighted by Crippen LogP contribution is 2.18. The molecule has 3 unspecified atom stereocenters. The van der Waals surface area contributed by atoms with E-state index in [9.17, 15) is 8.42 Å². The Bertz CT molecular complexity index is 362. The molecule has 3 atom stereocenters. The fraction of sp³-hybridized carbons (Fsp3) is 1.00. The lowest BCUT2D eigenvalue weighted by atomic mass is 10.0. The van der Waals surface area contributed by atoms with Crippen LogP contribution in [-0.2, 0) is 9.84 Å². The van der Waals surface area contributed by atoms with Crippen molar-refractivity contribution >= 4 is 9.84 Å². The van der Waals surface area contributed by atoms with E-state index in [-0.39, 0.29) is 0 Å². The molecule has 0 aliphatic carbocycles. The lowest BCUT2D eigenvalue weighted by Crippen LogP contribution is -2.38. The van der Waals surface area contributed by atoms with Crippen LogP contribution < -0.4 is 10.6 Å². The van der Waals surface area contributed by atoms with Crippen molar-refractivity contribution in [2.24, 2.45) is 5.92 Å². The van der Waals surface area contributed by atoms with Crippen LogP contribution in [0.4, 0.5) is 0 Å². The first-order valence-electron chi connectivity index (χ1n) is 7.72. The topological polar surface area (TPSA) is 58.2 Å². The maximum absolute atomic E-state index is 11.4. The van der Waals surface area contributed by atoms with E-state index in [0.717, 1.165) is 25.9 Å².